The molecule has 0 saturated carbocycles. The molecule has 3 heteroatoms. The summed E-state index contributed by atoms with van der Waals surface area (Å²) in [6, 6.07) is 99.0. The summed E-state index contributed by atoms with van der Waals surface area (Å²) in [5.74, 6) is 0. The molecular formula is C74H45NO2. The van der Waals surface area contributed by atoms with Gasteiger partial charge in [-0.3, -0.25) is 0 Å². The fraction of sp³-hybridized carbons (Fsp3) is 0. The highest BCUT2D eigenvalue weighted by atomic mass is 16.3. The molecule has 3 aromatic heterocycles. The highest BCUT2D eigenvalue weighted by molar-refractivity contribution is 6.19. The van der Waals surface area contributed by atoms with Gasteiger partial charge in [-0.1, -0.05) is 194 Å². The second-order valence-corrected chi connectivity index (χ2v) is 20.4. The molecule has 77 heavy (non-hydrogen) atoms. The Hall–Kier alpha value is -10.2. The highest BCUT2D eigenvalue weighted by Gasteiger charge is 2.23. The summed E-state index contributed by atoms with van der Waals surface area (Å²) < 4.78 is 16.5. The maximum Gasteiger partial charge on any atom is 0.143 e. The zero-order valence-electron chi connectivity index (χ0n) is 41.7. The second-order valence-electron chi connectivity index (χ2n) is 20.4. The number of hydrogen-bond donors (Lipinski definition) is 0. The number of furan rings is 2. The third-order valence-electron chi connectivity index (χ3n) is 15.9. The number of hydrogen-bond acceptors (Lipinski definition) is 2. The highest BCUT2D eigenvalue weighted by Crippen LogP contribution is 2.46. The van der Waals surface area contributed by atoms with Crippen LogP contribution in [0.5, 0.6) is 0 Å². The fourth-order valence-corrected chi connectivity index (χ4v) is 12.2. The van der Waals surface area contributed by atoms with Crippen molar-refractivity contribution in [3.8, 4) is 72.4 Å². The molecule has 0 bridgehead atoms. The molecule has 0 spiro atoms. The van der Waals surface area contributed by atoms with Gasteiger partial charge in [-0.05, 0) is 151 Å². The van der Waals surface area contributed by atoms with Crippen molar-refractivity contribution >= 4 is 87.2 Å². The first-order valence-corrected chi connectivity index (χ1v) is 26.4. The molecule has 0 aliphatic carbocycles. The molecule has 16 rings (SSSR count). The van der Waals surface area contributed by atoms with Gasteiger partial charge in [0.15, 0.2) is 0 Å². The predicted octanol–water partition coefficient (Wildman–Crippen LogP) is 20.9. The van der Waals surface area contributed by atoms with Crippen LogP contribution < -0.4 is 0 Å². The van der Waals surface area contributed by atoms with E-state index in [0.29, 0.717) is 0 Å². The number of rotatable bonds is 7. The van der Waals surface area contributed by atoms with Crippen LogP contribution in [0, 0.1) is 0 Å². The smallest absolute Gasteiger partial charge is 0.143 e. The Morgan fingerprint density at radius 3 is 1.08 bits per heavy atom. The van der Waals surface area contributed by atoms with Crippen molar-refractivity contribution in [2.75, 3.05) is 0 Å². The number of benzene rings is 13. The minimum absolute atomic E-state index is 0.863. The molecule has 0 atom stereocenters. The van der Waals surface area contributed by atoms with Crippen molar-refractivity contribution in [2.24, 2.45) is 0 Å². The van der Waals surface area contributed by atoms with Gasteiger partial charge in [-0.15, -0.1) is 0 Å². The standard InChI is InChI=1S/C74H45NO2/c1-5-17-46(18-6-1)50-31-35-71-64(37-50)66-43-55(48-21-9-3-10-22-48)41-60(73(66)76-71)53-29-33-68-62(39-53)63-40-54(30-34-69(63)75(68)70-45-52-25-13-14-26-57(52)58-27-15-16-28-59(58)70)61-42-56(49-23-11-4-12-24-49)44-67-65-38-51(47-19-7-2-8-20-47)32-36-72(65)77-74(61)67/h1-45H. The summed E-state index contributed by atoms with van der Waals surface area (Å²) in [7, 11) is 0. The number of aromatic nitrogens is 1. The molecule has 0 saturated heterocycles. The van der Waals surface area contributed by atoms with Crippen LogP contribution in [0.3, 0.4) is 0 Å². The quantitative estimate of drug-likeness (QED) is 0.149. The number of nitrogens with zero attached hydrogens (tertiary/aromatic N) is 1. The van der Waals surface area contributed by atoms with Crippen molar-refractivity contribution in [1.29, 1.82) is 0 Å². The molecule has 0 N–H and O–H groups in total. The van der Waals surface area contributed by atoms with E-state index < -0.39 is 0 Å². The Balaban J connectivity index is 0.974. The monoisotopic (exact) mass is 979 g/mol. The summed E-state index contributed by atoms with van der Waals surface area (Å²) in [5.41, 5.74) is 20.3. The summed E-state index contributed by atoms with van der Waals surface area (Å²) >= 11 is 0. The Kier molecular flexibility index (Phi) is 9.64. The van der Waals surface area contributed by atoms with E-state index in [4.69, 9.17) is 8.83 Å². The van der Waals surface area contributed by atoms with Gasteiger partial charge in [0, 0.05) is 48.8 Å². The van der Waals surface area contributed by atoms with E-state index in [9.17, 15) is 0 Å². The normalized spacial score (nSPS) is 11.9. The van der Waals surface area contributed by atoms with Crippen molar-refractivity contribution < 1.29 is 8.83 Å². The SMILES string of the molecule is c1ccc(-c2ccc3oc4c(-c5ccc6c(c5)c5cc(-c7cc(-c8ccccc8)cc8c7oc7ccc(-c9ccccc9)cc78)ccc5n6-c5cc6ccccc6c6ccccc56)cc(-c5ccccc5)cc4c3c2)cc1. The van der Waals surface area contributed by atoms with Gasteiger partial charge in [0.1, 0.15) is 22.3 Å². The molecule has 0 amide bonds. The lowest BCUT2D eigenvalue weighted by molar-refractivity contribution is 0.669. The lowest BCUT2D eigenvalue weighted by Crippen LogP contribution is -1.96. The summed E-state index contributed by atoms with van der Waals surface area (Å²) in [6.45, 7) is 0. The number of fused-ring (bicyclic) bond motifs is 12. The fourth-order valence-electron chi connectivity index (χ4n) is 12.2. The van der Waals surface area contributed by atoms with E-state index in [2.05, 4.69) is 278 Å². The Morgan fingerprint density at radius 1 is 0.221 bits per heavy atom. The maximum atomic E-state index is 6.99. The van der Waals surface area contributed by atoms with Crippen molar-refractivity contribution in [2.45, 2.75) is 0 Å². The maximum absolute atomic E-state index is 6.99. The van der Waals surface area contributed by atoms with Gasteiger partial charge in [-0.2, -0.15) is 0 Å². The Morgan fingerprint density at radius 2 is 0.597 bits per heavy atom. The van der Waals surface area contributed by atoms with Gasteiger partial charge in [0.05, 0.1) is 16.7 Å². The van der Waals surface area contributed by atoms with Gasteiger partial charge >= 0.3 is 0 Å². The molecule has 0 radical (unpaired) electrons. The van der Waals surface area contributed by atoms with Crippen molar-refractivity contribution in [1.82, 2.24) is 4.57 Å². The lowest BCUT2D eigenvalue weighted by Gasteiger charge is -2.15. The van der Waals surface area contributed by atoms with Crippen LogP contribution in [0.15, 0.2) is 282 Å². The molecule has 16 aromatic rings. The minimum Gasteiger partial charge on any atom is -0.455 e. The topological polar surface area (TPSA) is 31.2 Å². The molecule has 0 fully saturated rings. The van der Waals surface area contributed by atoms with Crippen molar-refractivity contribution in [3.63, 3.8) is 0 Å². The molecular weight excluding hydrogens is 935 g/mol. The molecule has 3 heterocycles. The zero-order valence-corrected chi connectivity index (χ0v) is 41.7. The average molecular weight is 980 g/mol. The van der Waals surface area contributed by atoms with Crippen LogP contribution in [0.1, 0.15) is 0 Å². The van der Waals surface area contributed by atoms with Gasteiger partial charge in [0.2, 0.25) is 0 Å². The van der Waals surface area contributed by atoms with E-state index in [0.717, 1.165) is 127 Å². The average Bonchev–Trinajstić information content (AvgIpc) is 4.20. The second kappa shape index (κ2) is 17.2. The summed E-state index contributed by atoms with van der Waals surface area (Å²) in [5, 5.41) is 11.5. The van der Waals surface area contributed by atoms with E-state index in [-0.39, 0.29) is 0 Å². The third kappa shape index (κ3) is 6.98. The Labute approximate surface area is 443 Å². The lowest BCUT2D eigenvalue weighted by atomic mass is 9.93. The molecule has 0 aliphatic rings. The first kappa shape index (κ1) is 43.2. The van der Waals surface area contributed by atoms with E-state index in [1.54, 1.807) is 0 Å². The van der Waals surface area contributed by atoms with Crippen LogP contribution in [-0.2, 0) is 0 Å². The van der Waals surface area contributed by atoms with Gasteiger partial charge < -0.3 is 13.4 Å². The third-order valence-corrected chi connectivity index (χ3v) is 15.9. The summed E-state index contributed by atoms with van der Waals surface area (Å²) in [6.07, 6.45) is 0. The van der Waals surface area contributed by atoms with Gasteiger partial charge in [0.25, 0.3) is 0 Å². The van der Waals surface area contributed by atoms with Gasteiger partial charge in [-0.25, -0.2) is 0 Å². The zero-order chi connectivity index (χ0) is 50.6. The molecule has 3 nitrogen and oxygen atoms in total. The largest absolute Gasteiger partial charge is 0.455 e. The van der Waals surface area contributed by atoms with E-state index in [1.807, 2.05) is 0 Å². The Bertz CT molecular complexity index is 4750. The van der Waals surface area contributed by atoms with Crippen LogP contribution in [-0.4, -0.2) is 4.57 Å². The van der Waals surface area contributed by atoms with E-state index in [1.165, 1.54) is 32.7 Å². The first-order valence-electron chi connectivity index (χ1n) is 26.4. The molecule has 13 aromatic carbocycles. The molecule has 0 aliphatic heterocycles. The minimum atomic E-state index is 0.863. The van der Waals surface area contributed by atoms with Crippen LogP contribution >= 0.6 is 0 Å². The van der Waals surface area contributed by atoms with Crippen LogP contribution in [0.25, 0.3) is 160 Å². The van der Waals surface area contributed by atoms with Crippen LogP contribution in [0.4, 0.5) is 0 Å². The predicted molar refractivity (Wildman–Crippen MR) is 323 cm³/mol. The van der Waals surface area contributed by atoms with Crippen LogP contribution in [0.2, 0.25) is 0 Å². The molecule has 0 unspecified atom stereocenters. The van der Waals surface area contributed by atoms with Crippen molar-refractivity contribution in [3.05, 3.63) is 273 Å². The van der Waals surface area contributed by atoms with E-state index >= 15 is 0 Å². The molecule has 358 valence electrons. The summed E-state index contributed by atoms with van der Waals surface area (Å²) in [4.78, 5) is 0. The first-order chi connectivity index (χ1) is 38.1.